The van der Waals surface area contributed by atoms with Crippen LogP contribution >= 0.6 is 11.8 Å². The van der Waals surface area contributed by atoms with Crippen LogP contribution < -0.4 is 0 Å². The smallest absolute Gasteiger partial charge is 0.0217 e. The van der Waals surface area contributed by atoms with Crippen molar-refractivity contribution in [2.24, 2.45) is 0 Å². The fraction of sp³-hybridized carbons (Fsp3) is 0.909. The number of fused-ring (bicyclic) bond motifs is 2. The molecule has 4 aliphatic rings. The fourth-order valence-corrected chi connectivity index (χ4v) is 7.70. The van der Waals surface area contributed by atoms with Gasteiger partial charge in [-0.25, -0.2) is 0 Å². The Kier molecular flexibility index (Phi) is 6.82. The molecule has 0 saturated carbocycles. The molecule has 3 saturated heterocycles. The van der Waals surface area contributed by atoms with E-state index in [1.807, 2.05) is 0 Å². The maximum absolute atomic E-state index is 2.88. The summed E-state index contributed by atoms with van der Waals surface area (Å²) in [5.41, 5.74) is 0. The van der Waals surface area contributed by atoms with E-state index in [1.54, 1.807) is 0 Å². The molecule has 0 spiro atoms. The first-order valence-corrected chi connectivity index (χ1v) is 12.1. The predicted molar refractivity (Wildman–Crippen MR) is 110 cm³/mol. The van der Waals surface area contributed by atoms with Crippen molar-refractivity contribution in [3.05, 3.63) is 12.2 Å². The van der Waals surface area contributed by atoms with Gasteiger partial charge in [0.1, 0.15) is 0 Å². The molecule has 0 aromatic rings. The van der Waals surface area contributed by atoms with E-state index in [4.69, 9.17) is 0 Å². The van der Waals surface area contributed by atoms with Crippen molar-refractivity contribution < 1.29 is 0 Å². The van der Waals surface area contributed by atoms with Crippen LogP contribution in [0.1, 0.15) is 77.0 Å². The largest absolute Gasteiger partial charge is 0.299 e. The third-order valence-corrected chi connectivity index (χ3v) is 8.89. The summed E-state index contributed by atoms with van der Waals surface area (Å²) in [6.07, 6.45) is 22.0. The van der Waals surface area contributed by atoms with Crippen LogP contribution in [0.15, 0.2) is 12.2 Å². The molecule has 0 radical (unpaired) electrons. The SMILES string of the molecule is C1=C/CCC(N2CCCCC2)C2CCC(S2)C(N2CCCCC2)CC/1. The highest BCUT2D eigenvalue weighted by atomic mass is 32.2. The molecule has 0 amide bonds. The van der Waals surface area contributed by atoms with Crippen molar-refractivity contribution in [2.45, 2.75) is 99.6 Å². The Morgan fingerprint density at radius 3 is 1.44 bits per heavy atom. The van der Waals surface area contributed by atoms with E-state index in [-0.39, 0.29) is 0 Å². The number of likely N-dealkylation sites (tertiary alicyclic amines) is 2. The highest BCUT2D eigenvalue weighted by Gasteiger charge is 2.39. The third-order valence-electron chi connectivity index (χ3n) is 7.09. The second-order valence-corrected chi connectivity index (χ2v) is 10.2. The van der Waals surface area contributed by atoms with Gasteiger partial charge in [0.15, 0.2) is 0 Å². The van der Waals surface area contributed by atoms with Gasteiger partial charge in [0.05, 0.1) is 0 Å². The summed E-state index contributed by atoms with van der Waals surface area (Å²) in [6, 6.07) is 1.69. The summed E-state index contributed by atoms with van der Waals surface area (Å²) in [7, 11) is 0. The maximum Gasteiger partial charge on any atom is 0.0217 e. The highest BCUT2D eigenvalue weighted by molar-refractivity contribution is 8.00. The predicted octanol–water partition coefficient (Wildman–Crippen LogP) is 5.09. The van der Waals surface area contributed by atoms with E-state index >= 15 is 0 Å². The molecular formula is C22H38N2S. The fourth-order valence-electron chi connectivity index (χ4n) is 5.73. The number of hydrogen-bond acceptors (Lipinski definition) is 3. The van der Waals surface area contributed by atoms with Crippen molar-refractivity contribution in [3.8, 4) is 0 Å². The molecule has 25 heavy (non-hydrogen) atoms. The maximum atomic E-state index is 2.88. The molecule has 4 unspecified atom stereocenters. The summed E-state index contributed by atoms with van der Waals surface area (Å²) >= 11 is 2.41. The Bertz CT molecular complexity index is 388. The number of hydrogen-bond donors (Lipinski definition) is 0. The number of piperidine rings is 2. The lowest BCUT2D eigenvalue weighted by molar-refractivity contribution is 0.147. The Hall–Kier alpha value is 0.01000. The van der Waals surface area contributed by atoms with Crippen molar-refractivity contribution in [1.29, 1.82) is 0 Å². The minimum Gasteiger partial charge on any atom is -0.299 e. The Morgan fingerprint density at radius 2 is 1.00 bits per heavy atom. The van der Waals surface area contributed by atoms with Gasteiger partial charge in [-0.1, -0.05) is 25.0 Å². The van der Waals surface area contributed by atoms with Gasteiger partial charge in [-0.05, 0) is 90.4 Å². The van der Waals surface area contributed by atoms with Crippen LogP contribution in [0.4, 0.5) is 0 Å². The molecule has 0 aromatic carbocycles. The molecule has 0 aliphatic carbocycles. The van der Waals surface area contributed by atoms with Crippen LogP contribution in [0.2, 0.25) is 0 Å². The van der Waals surface area contributed by atoms with E-state index in [0.717, 1.165) is 22.6 Å². The number of rotatable bonds is 2. The summed E-state index contributed by atoms with van der Waals surface area (Å²) in [4.78, 5) is 5.76. The van der Waals surface area contributed by atoms with E-state index < -0.39 is 0 Å². The van der Waals surface area contributed by atoms with Crippen LogP contribution in [0, 0.1) is 0 Å². The normalized spacial score (nSPS) is 40.5. The quantitative estimate of drug-likeness (QED) is 0.632. The van der Waals surface area contributed by atoms with Gasteiger partial charge >= 0.3 is 0 Å². The minimum absolute atomic E-state index is 0.847. The Labute approximate surface area is 159 Å². The summed E-state index contributed by atoms with van der Waals surface area (Å²) in [5.74, 6) is 0. The molecule has 0 N–H and O–H groups in total. The lowest BCUT2D eigenvalue weighted by atomic mass is 9.94. The molecule has 2 nitrogen and oxygen atoms in total. The van der Waals surface area contributed by atoms with Crippen LogP contribution in [0.3, 0.4) is 0 Å². The molecule has 2 bridgehead atoms. The van der Waals surface area contributed by atoms with Crippen molar-refractivity contribution in [3.63, 3.8) is 0 Å². The average molecular weight is 363 g/mol. The van der Waals surface area contributed by atoms with Gasteiger partial charge < -0.3 is 0 Å². The third kappa shape index (κ3) is 4.65. The molecule has 142 valence electrons. The van der Waals surface area contributed by atoms with Gasteiger partial charge in [-0.15, -0.1) is 0 Å². The molecule has 0 aromatic heterocycles. The van der Waals surface area contributed by atoms with E-state index in [2.05, 4.69) is 33.7 Å². The lowest BCUT2D eigenvalue weighted by Crippen LogP contribution is -2.45. The molecule has 4 atom stereocenters. The first kappa shape index (κ1) is 18.4. The van der Waals surface area contributed by atoms with Gasteiger partial charge in [-0.2, -0.15) is 11.8 Å². The number of allylic oxidation sites excluding steroid dienone is 2. The zero-order valence-electron chi connectivity index (χ0n) is 16.1. The standard InChI is InChI=1S/C22H38N2S/c1-2-6-12-20(24-17-9-4-10-18-24)22-14-13-21(25-22)19(11-5-1)23-15-7-3-8-16-23/h1-2,19-22H,3-18H2/b2-1+. The second kappa shape index (κ2) is 9.28. The molecule has 4 aliphatic heterocycles. The molecular weight excluding hydrogens is 324 g/mol. The summed E-state index contributed by atoms with van der Waals surface area (Å²) < 4.78 is 0. The first-order valence-electron chi connectivity index (χ1n) is 11.2. The van der Waals surface area contributed by atoms with Crippen LogP contribution in [0.5, 0.6) is 0 Å². The van der Waals surface area contributed by atoms with Crippen LogP contribution in [-0.2, 0) is 0 Å². The zero-order chi connectivity index (χ0) is 16.9. The topological polar surface area (TPSA) is 6.48 Å². The number of nitrogens with zero attached hydrogens (tertiary/aromatic N) is 2. The van der Waals surface area contributed by atoms with E-state index in [9.17, 15) is 0 Å². The van der Waals surface area contributed by atoms with Gasteiger partial charge in [0, 0.05) is 22.6 Å². The highest BCUT2D eigenvalue weighted by Crippen LogP contribution is 2.43. The van der Waals surface area contributed by atoms with Crippen molar-refractivity contribution in [1.82, 2.24) is 9.80 Å². The second-order valence-electron chi connectivity index (χ2n) is 8.74. The van der Waals surface area contributed by atoms with Crippen molar-refractivity contribution >= 4 is 11.8 Å². The molecule has 3 fully saturated rings. The molecule has 4 heterocycles. The van der Waals surface area contributed by atoms with E-state index in [0.29, 0.717) is 0 Å². The first-order chi connectivity index (χ1) is 12.4. The van der Waals surface area contributed by atoms with Crippen LogP contribution in [0.25, 0.3) is 0 Å². The zero-order valence-corrected chi connectivity index (χ0v) is 16.9. The molecule has 3 heteroatoms. The summed E-state index contributed by atoms with van der Waals surface area (Å²) in [5, 5.41) is 1.81. The minimum atomic E-state index is 0.847. The lowest BCUT2D eigenvalue weighted by Gasteiger charge is -2.39. The van der Waals surface area contributed by atoms with Gasteiger partial charge in [-0.3, -0.25) is 9.80 Å². The molecule has 4 rings (SSSR count). The monoisotopic (exact) mass is 362 g/mol. The number of thioether (sulfide) groups is 1. The Balaban J connectivity index is 1.47. The Morgan fingerprint density at radius 1 is 0.560 bits per heavy atom. The summed E-state index contributed by atoms with van der Waals surface area (Å²) in [6.45, 7) is 5.47. The van der Waals surface area contributed by atoms with Crippen LogP contribution in [-0.4, -0.2) is 58.6 Å². The van der Waals surface area contributed by atoms with Gasteiger partial charge in [0.25, 0.3) is 0 Å². The van der Waals surface area contributed by atoms with Gasteiger partial charge in [0.2, 0.25) is 0 Å². The van der Waals surface area contributed by atoms with Crippen molar-refractivity contribution in [2.75, 3.05) is 26.2 Å². The average Bonchev–Trinajstić information content (AvgIpc) is 3.12. The van der Waals surface area contributed by atoms with E-state index in [1.165, 1.54) is 103 Å².